The molecule has 0 heterocycles. The first kappa shape index (κ1) is 17.5. The van der Waals surface area contributed by atoms with Gasteiger partial charge >= 0.3 is 0 Å². The number of carbonyl (C=O) groups is 2. The molecule has 1 atom stereocenters. The summed E-state index contributed by atoms with van der Waals surface area (Å²) in [5.41, 5.74) is 1.01. The summed E-state index contributed by atoms with van der Waals surface area (Å²) in [7, 11) is 0. The minimum atomic E-state index is -0.118. The molecule has 0 aliphatic carbocycles. The zero-order valence-corrected chi connectivity index (χ0v) is 13.6. The van der Waals surface area contributed by atoms with Gasteiger partial charge in [0.25, 0.3) is 0 Å². The molecule has 21 heavy (non-hydrogen) atoms. The molecule has 4 nitrogen and oxygen atoms in total. The predicted octanol–water partition coefficient (Wildman–Crippen LogP) is 2.99. The molecule has 1 aromatic rings. The lowest BCUT2D eigenvalue weighted by Gasteiger charge is -2.29. The van der Waals surface area contributed by atoms with Crippen molar-refractivity contribution in [3.05, 3.63) is 34.9 Å². The molecule has 0 aliphatic heterocycles. The molecule has 0 aliphatic rings. The molecule has 0 saturated carbocycles. The molecule has 1 rings (SSSR count). The monoisotopic (exact) mass is 310 g/mol. The first-order valence-corrected chi connectivity index (χ1v) is 7.60. The normalized spacial score (nSPS) is 11.8. The predicted molar refractivity (Wildman–Crippen MR) is 85.1 cm³/mol. The summed E-state index contributed by atoms with van der Waals surface area (Å²) in [4.78, 5) is 25.1. The molecule has 0 saturated heterocycles. The fourth-order valence-electron chi connectivity index (χ4n) is 2.03. The van der Waals surface area contributed by atoms with E-state index in [1.54, 1.807) is 0 Å². The second-order valence-electron chi connectivity index (χ2n) is 5.14. The van der Waals surface area contributed by atoms with Gasteiger partial charge in [-0.2, -0.15) is 0 Å². The maximum absolute atomic E-state index is 12.4. The first-order chi connectivity index (χ1) is 9.93. The van der Waals surface area contributed by atoms with Gasteiger partial charge in [-0.05, 0) is 31.0 Å². The Hall–Kier alpha value is -1.55. The standard InChI is InChI=1S/C16H23ClN2O2/c1-4-12(2)19(16(21)8-9-18-13(3)20)11-14-6-5-7-15(17)10-14/h5-7,10,12H,4,8-9,11H2,1-3H3,(H,18,20). The van der Waals surface area contributed by atoms with Crippen LogP contribution >= 0.6 is 11.6 Å². The van der Waals surface area contributed by atoms with Gasteiger partial charge < -0.3 is 10.2 Å². The van der Waals surface area contributed by atoms with Crippen LogP contribution in [0.3, 0.4) is 0 Å². The molecule has 0 spiro atoms. The highest BCUT2D eigenvalue weighted by molar-refractivity contribution is 6.30. The number of carbonyl (C=O) groups excluding carboxylic acids is 2. The molecule has 2 amide bonds. The van der Waals surface area contributed by atoms with E-state index >= 15 is 0 Å². The van der Waals surface area contributed by atoms with E-state index in [0.717, 1.165) is 12.0 Å². The quantitative estimate of drug-likeness (QED) is 0.841. The highest BCUT2D eigenvalue weighted by atomic mass is 35.5. The molecule has 5 heteroatoms. The lowest BCUT2D eigenvalue weighted by molar-refractivity contribution is -0.134. The zero-order valence-electron chi connectivity index (χ0n) is 12.9. The van der Waals surface area contributed by atoms with Crippen molar-refractivity contribution in [2.75, 3.05) is 6.54 Å². The minimum absolute atomic E-state index is 0.0399. The molecule has 0 fully saturated rings. The number of nitrogens with zero attached hydrogens (tertiary/aromatic N) is 1. The molecular formula is C16H23ClN2O2. The van der Waals surface area contributed by atoms with Gasteiger partial charge in [0.05, 0.1) is 0 Å². The number of hydrogen-bond donors (Lipinski definition) is 1. The maximum Gasteiger partial charge on any atom is 0.224 e. The summed E-state index contributed by atoms with van der Waals surface area (Å²) >= 11 is 5.99. The molecule has 1 N–H and O–H groups in total. The third kappa shape index (κ3) is 6.17. The van der Waals surface area contributed by atoms with Gasteiger partial charge in [-0.15, -0.1) is 0 Å². The molecule has 0 aromatic heterocycles. The molecule has 0 bridgehead atoms. The molecule has 1 aromatic carbocycles. The highest BCUT2D eigenvalue weighted by Crippen LogP contribution is 2.16. The second kappa shape index (κ2) is 8.67. The van der Waals surface area contributed by atoms with Crippen LogP contribution in [0.15, 0.2) is 24.3 Å². The van der Waals surface area contributed by atoms with Crippen LogP contribution in [0.4, 0.5) is 0 Å². The van der Waals surface area contributed by atoms with Gasteiger partial charge in [0.1, 0.15) is 0 Å². The van der Waals surface area contributed by atoms with E-state index in [0.29, 0.717) is 24.5 Å². The Morgan fingerprint density at radius 2 is 2.10 bits per heavy atom. The number of hydrogen-bond acceptors (Lipinski definition) is 2. The van der Waals surface area contributed by atoms with Crippen molar-refractivity contribution in [1.29, 1.82) is 0 Å². The lowest BCUT2D eigenvalue weighted by Crippen LogP contribution is -2.39. The fourth-order valence-corrected chi connectivity index (χ4v) is 2.24. The molecule has 116 valence electrons. The molecule has 0 radical (unpaired) electrons. The fraction of sp³-hybridized carbons (Fsp3) is 0.500. The Labute approximate surface area is 131 Å². The number of amides is 2. The van der Waals surface area contributed by atoms with Crippen molar-refractivity contribution >= 4 is 23.4 Å². The van der Waals surface area contributed by atoms with Gasteiger partial charge in [-0.1, -0.05) is 30.7 Å². The Morgan fingerprint density at radius 3 is 2.67 bits per heavy atom. The van der Waals surface area contributed by atoms with Crippen molar-refractivity contribution in [3.8, 4) is 0 Å². The van der Waals surface area contributed by atoms with E-state index in [1.807, 2.05) is 36.1 Å². The summed E-state index contributed by atoms with van der Waals surface area (Å²) in [6.45, 7) is 6.44. The highest BCUT2D eigenvalue weighted by Gasteiger charge is 2.19. The second-order valence-corrected chi connectivity index (χ2v) is 5.58. The van der Waals surface area contributed by atoms with Crippen molar-refractivity contribution in [2.45, 2.75) is 46.2 Å². The van der Waals surface area contributed by atoms with Gasteiger partial charge in [0.15, 0.2) is 0 Å². The Morgan fingerprint density at radius 1 is 1.38 bits per heavy atom. The van der Waals surface area contributed by atoms with Crippen molar-refractivity contribution in [1.82, 2.24) is 10.2 Å². The van der Waals surface area contributed by atoms with Crippen LogP contribution in [-0.2, 0) is 16.1 Å². The van der Waals surface area contributed by atoms with Crippen LogP contribution in [-0.4, -0.2) is 29.3 Å². The van der Waals surface area contributed by atoms with Crippen LogP contribution in [0, 0.1) is 0 Å². The van der Waals surface area contributed by atoms with Crippen molar-refractivity contribution in [3.63, 3.8) is 0 Å². The summed E-state index contributed by atoms with van der Waals surface area (Å²) < 4.78 is 0. The van der Waals surface area contributed by atoms with Crippen LogP contribution in [0.5, 0.6) is 0 Å². The third-order valence-corrected chi connectivity index (χ3v) is 3.63. The van der Waals surface area contributed by atoms with Crippen LogP contribution < -0.4 is 5.32 Å². The van der Waals surface area contributed by atoms with Crippen LogP contribution in [0.25, 0.3) is 0 Å². The smallest absolute Gasteiger partial charge is 0.224 e. The lowest BCUT2D eigenvalue weighted by atomic mass is 10.1. The number of benzene rings is 1. The average Bonchev–Trinajstić information content (AvgIpc) is 2.43. The summed E-state index contributed by atoms with van der Waals surface area (Å²) in [5.74, 6) is -0.0780. The third-order valence-electron chi connectivity index (χ3n) is 3.40. The zero-order chi connectivity index (χ0) is 15.8. The van der Waals surface area contributed by atoms with Crippen molar-refractivity contribution in [2.24, 2.45) is 0 Å². The topological polar surface area (TPSA) is 49.4 Å². The van der Waals surface area contributed by atoms with E-state index in [9.17, 15) is 9.59 Å². The minimum Gasteiger partial charge on any atom is -0.356 e. The summed E-state index contributed by atoms with van der Waals surface area (Å²) in [6.07, 6.45) is 1.19. The summed E-state index contributed by atoms with van der Waals surface area (Å²) in [6, 6.07) is 7.68. The van der Waals surface area contributed by atoms with Crippen LogP contribution in [0.1, 0.15) is 39.2 Å². The largest absolute Gasteiger partial charge is 0.356 e. The van der Waals surface area contributed by atoms with Gasteiger partial charge in [0.2, 0.25) is 11.8 Å². The van der Waals surface area contributed by atoms with E-state index in [-0.39, 0.29) is 17.9 Å². The number of rotatable bonds is 7. The number of halogens is 1. The van der Waals surface area contributed by atoms with E-state index in [4.69, 9.17) is 11.6 Å². The van der Waals surface area contributed by atoms with E-state index < -0.39 is 0 Å². The van der Waals surface area contributed by atoms with Crippen LogP contribution in [0.2, 0.25) is 5.02 Å². The maximum atomic E-state index is 12.4. The van der Waals surface area contributed by atoms with Gasteiger partial charge in [-0.25, -0.2) is 0 Å². The average molecular weight is 311 g/mol. The van der Waals surface area contributed by atoms with E-state index in [1.165, 1.54) is 6.92 Å². The van der Waals surface area contributed by atoms with Gasteiger partial charge in [-0.3, -0.25) is 9.59 Å². The summed E-state index contributed by atoms with van der Waals surface area (Å²) in [5, 5.41) is 3.32. The Kier molecular flexibility index (Phi) is 7.23. The number of nitrogens with one attached hydrogen (secondary N) is 1. The Bertz CT molecular complexity index is 491. The van der Waals surface area contributed by atoms with Gasteiger partial charge in [0, 0.05) is 37.5 Å². The SMILES string of the molecule is CCC(C)N(Cc1cccc(Cl)c1)C(=O)CCNC(C)=O. The Balaban J connectivity index is 2.71. The van der Waals surface area contributed by atoms with E-state index in [2.05, 4.69) is 12.2 Å². The molecule has 1 unspecified atom stereocenters. The first-order valence-electron chi connectivity index (χ1n) is 7.22. The molecular weight excluding hydrogens is 288 g/mol. The van der Waals surface area contributed by atoms with Crippen molar-refractivity contribution < 1.29 is 9.59 Å².